The first-order chi connectivity index (χ1) is 11.3. The van der Waals surface area contributed by atoms with E-state index in [0.29, 0.717) is 12.5 Å². The van der Waals surface area contributed by atoms with Crippen LogP contribution in [0, 0.1) is 5.92 Å². The first-order valence-electron chi connectivity index (χ1n) is 8.25. The highest BCUT2D eigenvalue weighted by Crippen LogP contribution is 2.21. The van der Waals surface area contributed by atoms with Crippen LogP contribution in [0.25, 0.3) is 11.4 Å². The van der Waals surface area contributed by atoms with E-state index in [1.807, 2.05) is 42.2 Å². The molecule has 23 heavy (non-hydrogen) atoms. The van der Waals surface area contributed by atoms with Crippen molar-refractivity contribution in [2.75, 3.05) is 19.6 Å². The number of carbonyl (C=O) groups is 1. The summed E-state index contributed by atoms with van der Waals surface area (Å²) in [6.07, 6.45) is 2.92. The maximum atomic E-state index is 11.8. The van der Waals surface area contributed by atoms with Gasteiger partial charge in [0.15, 0.2) is 5.82 Å². The Labute approximate surface area is 136 Å². The summed E-state index contributed by atoms with van der Waals surface area (Å²) in [6.45, 7) is 4.25. The number of carbonyl (C=O) groups excluding carboxylic acids is 1. The zero-order chi connectivity index (χ0) is 16.1. The topological polar surface area (TPSA) is 73.9 Å². The minimum absolute atomic E-state index is 0.0528. The van der Waals surface area contributed by atoms with Crippen molar-refractivity contribution in [1.29, 1.82) is 0 Å². The lowest BCUT2D eigenvalue weighted by atomic mass is 9.93. The maximum Gasteiger partial charge on any atom is 0.317 e. The summed E-state index contributed by atoms with van der Waals surface area (Å²) in [5.74, 6) is 2.23. The smallest absolute Gasteiger partial charge is 0.317 e. The van der Waals surface area contributed by atoms with Gasteiger partial charge < -0.3 is 10.2 Å². The highest BCUT2D eigenvalue weighted by atomic mass is 16.2. The zero-order valence-corrected chi connectivity index (χ0v) is 13.5. The van der Waals surface area contributed by atoms with Crippen molar-refractivity contribution in [2.45, 2.75) is 26.2 Å². The number of piperidine rings is 1. The number of hydrogen-bond acceptors (Lipinski definition) is 3. The molecule has 0 bridgehead atoms. The van der Waals surface area contributed by atoms with Crippen LogP contribution < -0.4 is 5.32 Å². The molecule has 1 saturated heterocycles. The quantitative estimate of drug-likeness (QED) is 0.910. The van der Waals surface area contributed by atoms with E-state index in [2.05, 4.69) is 20.5 Å². The third-order valence-corrected chi connectivity index (χ3v) is 4.28. The minimum Gasteiger partial charge on any atom is -0.338 e. The number of rotatable bonds is 4. The van der Waals surface area contributed by atoms with E-state index in [1.54, 1.807) is 0 Å². The van der Waals surface area contributed by atoms with Crippen LogP contribution in [-0.4, -0.2) is 45.7 Å². The Morgan fingerprint density at radius 3 is 2.74 bits per heavy atom. The summed E-state index contributed by atoms with van der Waals surface area (Å²) >= 11 is 0. The lowest BCUT2D eigenvalue weighted by molar-refractivity contribution is 0.170. The van der Waals surface area contributed by atoms with E-state index in [0.717, 1.165) is 49.6 Å². The Morgan fingerprint density at radius 1 is 1.30 bits per heavy atom. The van der Waals surface area contributed by atoms with Crippen molar-refractivity contribution in [1.82, 2.24) is 25.4 Å². The average Bonchev–Trinajstić information content (AvgIpc) is 3.05. The van der Waals surface area contributed by atoms with Crippen LogP contribution >= 0.6 is 0 Å². The normalized spacial score (nSPS) is 15.6. The molecule has 6 nitrogen and oxygen atoms in total. The fraction of sp³-hybridized carbons (Fsp3) is 0.471. The zero-order valence-electron chi connectivity index (χ0n) is 13.5. The summed E-state index contributed by atoms with van der Waals surface area (Å²) in [5, 5.41) is 10.2. The monoisotopic (exact) mass is 313 g/mol. The van der Waals surface area contributed by atoms with Gasteiger partial charge in [0.2, 0.25) is 0 Å². The lowest BCUT2D eigenvalue weighted by Gasteiger charge is -2.31. The first kappa shape index (κ1) is 15.5. The van der Waals surface area contributed by atoms with E-state index in [1.165, 1.54) is 0 Å². The number of nitrogens with one attached hydrogen (secondary N) is 2. The van der Waals surface area contributed by atoms with Crippen molar-refractivity contribution in [2.24, 2.45) is 5.92 Å². The Balaban J connectivity index is 1.53. The van der Waals surface area contributed by atoms with Gasteiger partial charge >= 0.3 is 6.03 Å². The second-order valence-corrected chi connectivity index (χ2v) is 5.94. The minimum atomic E-state index is 0.0528. The number of urea groups is 1. The molecule has 2 aromatic rings. The molecule has 122 valence electrons. The Bertz CT molecular complexity index is 631. The van der Waals surface area contributed by atoms with Crippen LogP contribution in [0.5, 0.6) is 0 Å². The fourth-order valence-corrected chi connectivity index (χ4v) is 2.98. The van der Waals surface area contributed by atoms with Crippen LogP contribution in [0.15, 0.2) is 30.3 Å². The van der Waals surface area contributed by atoms with Gasteiger partial charge in [-0.2, -0.15) is 5.10 Å². The Morgan fingerprint density at radius 2 is 2.04 bits per heavy atom. The molecule has 0 radical (unpaired) electrons. The number of likely N-dealkylation sites (tertiary alicyclic amines) is 1. The van der Waals surface area contributed by atoms with Gasteiger partial charge in [0, 0.05) is 31.6 Å². The number of H-pyrrole nitrogens is 1. The highest BCUT2D eigenvalue weighted by Gasteiger charge is 2.23. The third-order valence-electron chi connectivity index (χ3n) is 4.28. The van der Waals surface area contributed by atoms with Crippen LogP contribution in [0.2, 0.25) is 0 Å². The molecule has 1 aromatic heterocycles. The number of hydrogen-bond donors (Lipinski definition) is 2. The first-order valence-corrected chi connectivity index (χ1v) is 8.25. The van der Waals surface area contributed by atoms with Crippen molar-refractivity contribution >= 4 is 6.03 Å². The van der Waals surface area contributed by atoms with E-state index in [4.69, 9.17) is 0 Å². The van der Waals surface area contributed by atoms with Crippen molar-refractivity contribution in [3.05, 3.63) is 36.2 Å². The van der Waals surface area contributed by atoms with Crippen LogP contribution in [-0.2, 0) is 6.42 Å². The molecule has 2 amide bonds. The van der Waals surface area contributed by atoms with Crippen LogP contribution in [0.1, 0.15) is 25.6 Å². The molecule has 0 aliphatic carbocycles. The molecule has 6 heteroatoms. The van der Waals surface area contributed by atoms with Gasteiger partial charge in [0.25, 0.3) is 0 Å². The molecule has 3 rings (SSSR count). The van der Waals surface area contributed by atoms with E-state index in [-0.39, 0.29) is 6.03 Å². The molecule has 2 heterocycles. The molecule has 0 spiro atoms. The second kappa shape index (κ2) is 7.26. The maximum absolute atomic E-state index is 11.8. The number of amides is 2. The number of aromatic amines is 1. The highest BCUT2D eigenvalue weighted by molar-refractivity contribution is 5.74. The predicted octanol–water partition coefficient (Wildman–Crippen LogP) is 2.46. The Hall–Kier alpha value is -2.37. The van der Waals surface area contributed by atoms with Gasteiger partial charge in [-0.3, -0.25) is 5.10 Å². The van der Waals surface area contributed by atoms with Gasteiger partial charge in [0.05, 0.1) is 0 Å². The third kappa shape index (κ3) is 3.88. The molecule has 0 unspecified atom stereocenters. The molecule has 1 aliphatic heterocycles. The largest absolute Gasteiger partial charge is 0.338 e. The predicted molar refractivity (Wildman–Crippen MR) is 88.9 cm³/mol. The fourth-order valence-electron chi connectivity index (χ4n) is 2.98. The van der Waals surface area contributed by atoms with Crippen LogP contribution in [0.3, 0.4) is 0 Å². The molecule has 2 N–H and O–H groups in total. The summed E-state index contributed by atoms with van der Waals surface area (Å²) in [4.78, 5) is 18.3. The van der Waals surface area contributed by atoms with Crippen LogP contribution in [0.4, 0.5) is 4.79 Å². The van der Waals surface area contributed by atoms with Gasteiger partial charge in [-0.25, -0.2) is 9.78 Å². The van der Waals surface area contributed by atoms with Gasteiger partial charge in [-0.15, -0.1) is 0 Å². The van der Waals surface area contributed by atoms with Gasteiger partial charge in [0.1, 0.15) is 5.82 Å². The van der Waals surface area contributed by atoms with Gasteiger partial charge in [-0.1, -0.05) is 30.3 Å². The van der Waals surface area contributed by atoms with E-state index in [9.17, 15) is 4.79 Å². The summed E-state index contributed by atoms with van der Waals surface area (Å²) in [6, 6.07) is 10.0. The summed E-state index contributed by atoms with van der Waals surface area (Å²) in [7, 11) is 0. The average molecular weight is 313 g/mol. The summed E-state index contributed by atoms with van der Waals surface area (Å²) < 4.78 is 0. The SMILES string of the molecule is CCNC(=O)N1CCC(Cc2nc(-c3ccccc3)n[nH]2)CC1. The molecular weight excluding hydrogens is 290 g/mol. The molecule has 0 atom stereocenters. The standard InChI is InChI=1S/C17H23N5O/c1-2-18-17(23)22-10-8-13(9-11-22)12-15-19-16(21-20-15)14-6-4-3-5-7-14/h3-7,13H,2,8-12H2,1H3,(H,18,23)(H,19,20,21). The Kier molecular flexibility index (Phi) is 4.90. The number of benzene rings is 1. The molecule has 1 aliphatic rings. The summed E-state index contributed by atoms with van der Waals surface area (Å²) in [5.41, 5.74) is 1.03. The number of aromatic nitrogens is 3. The van der Waals surface area contributed by atoms with E-state index >= 15 is 0 Å². The van der Waals surface area contributed by atoms with Gasteiger partial charge in [-0.05, 0) is 25.7 Å². The molecule has 1 fully saturated rings. The lowest BCUT2D eigenvalue weighted by Crippen LogP contribution is -2.44. The molecular formula is C17H23N5O. The molecule has 0 saturated carbocycles. The van der Waals surface area contributed by atoms with E-state index < -0.39 is 0 Å². The number of nitrogens with zero attached hydrogens (tertiary/aromatic N) is 3. The van der Waals surface area contributed by atoms with Crippen molar-refractivity contribution in [3.8, 4) is 11.4 Å². The van der Waals surface area contributed by atoms with Crippen molar-refractivity contribution < 1.29 is 4.79 Å². The second-order valence-electron chi connectivity index (χ2n) is 5.94. The molecule has 1 aromatic carbocycles. The van der Waals surface area contributed by atoms with Crippen molar-refractivity contribution in [3.63, 3.8) is 0 Å².